The van der Waals surface area contributed by atoms with Gasteiger partial charge in [-0.25, -0.2) is 4.98 Å². The first-order valence-corrected chi connectivity index (χ1v) is 11.6. The number of para-hydroxylation sites is 2. The van der Waals surface area contributed by atoms with Gasteiger partial charge in [-0.05, 0) is 49.7 Å². The number of nitrogens with zero attached hydrogens (tertiary/aromatic N) is 4. The van der Waals surface area contributed by atoms with Crippen LogP contribution >= 0.6 is 0 Å². The molecule has 10 heteroatoms. The van der Waals surface area contributed by atoms with Crippen LogP contribution in [0.25, 0.3) is 11.0 Å². The molecule has 0 unspecified atom stereocenters. The average molecular weight is 491 g/mol. The Balaban J connectivity index is 1.31. The van der Waals surface area contributed by atoms with Gasteiger partial charge in [0, 0.05) is 26.2 Å². The van der Waals surface area contributed by atoms with E-state index in [1.54, 1.807) is 42.3 Å². The minimum absolute atomic E-state index is 0.00822. The van der Waals surface area contributed by atoms with Crippen molar-refractivity contribution in [3.05, 3.63) is 59.9 Å². The molecule has 35 heavy (non-hydrogen) atoms. The summed E-state index contributed by atoms with van der Waals surface area (Å²) in [4.78, 5) is 19.5. The van der Waals surface area contributed by atoms with E-state index in [4.69, 9.17) is 4.74 Å². The maximum absolute atomic E-state index is 13.5. The van der Waals surface area contributed by atoms with Gasteiger partial charge in [-0.1, -0.05) is 24.3 Å². The second kappa shape index (κ2) is 10.7. The van der Waals surface area contributed by atoms with Gasteiger partial charge in [-0.15, -0.1) is 0 Å². The van der Waals surface area contributed by atoms with E-state index >= 15 is 0 Å². The number of ether oxygens (including phenoxy) is 1. The van der Waals surface area contributed by atoms with Crippen molar-refractivity contribution in [2.24, 2.45) is 0 Å². The summed E-state index contributed by atoms with van der Waals surface area (Å²) >= 11 is 0. The van der Waals surface area contributed by atoms with Crippen LogP contribution in [0.5, 0.6) is 5.75 Å². The molecule has 2 heterocycles. The van der Waals surface area contributed by atoms with Gasteiger partial charge in [0.25, 0.3) is 5.91 Å². The van der Waals surface area contributed by atoms with Crippen molar-refractivity contribution in [3.8, 4) is 5.75 Å². The Kier molecular flexibility index (Phi) is 7.61. The highest BCUT2D eigenvalue weighted by Crippen LogP contribution is 2.31. The van der Waals surface area contributed by atoms with Crippen molar-refractivity contribution < 1.29 is 27.8 Å². The first kappa shape index (κ1) is 25.0. The number of aliphatic hydroxyl groups excluding tert-OH is 1. The van der Waals surface area contributed by atoms with Crippen molar-refractivity contribution in [2.75, 3.05) is 33.3 Å². The van der Waals surface area contributed by atoms with Crippen LogP contribution in [0.2, 0.25) is 0 Å². The lowest BCUT2D eigenvalue weighted by molar-refractivity contribution is -0.147. The summed E-state index contributed by atoms with van der Waals surface area (Å²) in [7, 11) is 1.79. The van der Waals surface area contributed by atoms with E-state index < -0.39 is 18.1 Å². The smallest absolute Gasteiger partial charge is 0.449 e. The molecular formula is C25H29F3N4O3. The Hall–Kier alpha value is -3.11. The second-order valence-electron chi connectivity index (χ2n) is 8.90. The third kappa shape index (κ3) is 6.32. The van der Waals surface area contributed by atoms with E-state index in [1.807, 2.05) is 17.0 Å². The lowest BCUT2D eigenvalue weighted by Crippen LogP contribution is -2.33. The number of imidazole rings is 1. The molecule has 1 aliphatic heterocycles. The minimum atomic E-state index is -4.62. The first-order chi connectivity index (χ1) is 16.7. The number of likely N-dealkylation sites (tertiary alicyclic amines) is 1. The molecule has 0 radical (unpaired) electrons. The third-order valence-electron chi connectivity index (χ3n) is 6.02. The molecule has 188 valence electrons. The maximum atomic E-state index is 13.5. The van der Waals surface area contributed by atoms with E-state index in [0.717, 1.165) is 36.1 Å². The van der Waals surface area contributed by atoms with Gasteiger partial charge in [0.15, 0.2) is 6.61 Å². The van der Waals surface area contributed by atoms with E-state index in [-0.39, 0.29) is 31.1 Å². The van der Waals surface area contributed by atoms with Gasteiger partial charge in [-0.2, -0.15) is 13.2 Å². The molecule has 7 nitrogen and oxygen atoms in total. The summed E-state index contributed by atoms with van der Waals surface area (Å²) < 4.78 is 47.1. The Morgan fingerprint density at radius 1 is 1.14 bits per heavy atom. The zero-order valence-corrected chi connectivity index (χ0v) is 19.5. The van der Waals surface area contributed by atoms with E-state index in [1.165, 1.54) is 6.07 Å². The summed E-state index contributed by atoms with van der Waals surface area (Å²) in [6.07, 6.45) is -3.58. The van der Waals surface area contributed by atoms with Crippen molar-refractivity contribution >= 4 is 16.9 Å². The van der Waals surface area contributed by atoms with Crippen LogP contribution in [0, 0.1) is 0 Å². The lowest BCUT2D eigenvalue weighted by atomic mass is 10.2. The zero-order chi connectivity index (χ0) is 25.0. The fourth-order valence-corrected chi connectivity index (χ4v) is 4.38. The summed E-state index contributed by atoms with van der Waals surface area (Å²) in [5.74, 6) is -0.436. The van der Waals surface area contributed by atoms with Crippen LogP contribution < -0.4 is 4.74 Å². The van der Waals surface area contributed by atoms with Crippen LogP contribution in [0.3, 0.4) is 0 Å². The van der Waals surface area contributed by atoms with Gasteiger partial charge in [0.05, 0.1) is 23.7 Å². The van der Waals surface area contributed by atoms with Crippen molar-refractivity contribution in [3.63, 3.8) is 0 Å². The maximum Gasteiger partial charge on any atom is 0.449 e. The van der Waals surface area contributed by atoms with Crippen LogP contribution in [-0.2, 0) is 24.1 Å². The number of carbonyl (C=O) groups is 1. The number of hydrogen-bond acceptors (Lipinski definition) is 5. The first-order valence-electron chi connectivity index (χ1n) is 11.6. The molecule has 0 spiro atoms. The van der Waals surface area contributed by atoms with Gasteiger partial charge >= 0.3 is 6.18 Å². The molecule has 3 aromatic rings. The summed E-state index contributed by atoms with van der Waals surface area (Å²) in [6, 6.07) is 13.7. The number of hydrogen-bond donors (Lipinski definition) is 1. The summed E-state index contributed by atoms with van der Waals surface area (Å²) in [5, 5.41) is 10.6. The van der Waals surface area contributed by atoms with E-state index in [2.05, 4.69) is 4.98 Å². The molecule has 1 fully saturated rings. The number of halogens is 3. The van der Waals surface area contributed by atoms with Crippen molar-refractivity contribution in [2.45, 2.75) is 38.2 Å². The van der Waals surface area contributed by atoms with Gasteiger partial charge in [0.2, 0.25) is 5.82 Å². The number of fused-ring (bicyclic) bond motifs is 1. The Morgan fingerprint density at radius 3 is 2.51 bits per heavy atom. The molecular weight excluding hydrogens is 461 g/mol. The molecule has 4 rings (SSSR count). The standard InChI is InChI=1S/C25H29F3N4O3/c1-30(14-18-8-10-20(11-9-18)35-17-23(34)31-12-4-5-13-31)15-19(33)16-32-22-7-3-2-6-21(22)29-24(32)25(26,27)28/h2-3,6-11,19,33H,4-5,12-17H2,1H3/t19-/m0/s1. The fourth-order valence-electron chi connectivity index (χ4n) is 4.38. The number of carbonyl (C=O) groups excluding carboxylic acids is 1. The predicted molar refractivity (Wildman–Crippen MR) is 125 cm³/mol. The number of aliphatic hydroxyl groups is 1. The van der Waals surface area contributed by atoms with Crippen LogP contribution in [0.15, 0.2) is 48.5 Å². The Labute approximate surface area is 201 Å². The zero-order valence-electron chi connectivity index (χ0n) is 19.5. The topological polar surface area (TPSA) is 70.8 Å². The Morgan fingerprint density at radius 2 is 1.83 bits per heavy atom. The Bertz CT molecular complexity index is 1140. The molecule has 0 saturated carbocycles. The lowest BCUT2D eigenvalue weighted by Gasteiger charge is -2.22. The molecule has 1 aliphatic rings. The highest BCUT2D eigenvalue weighted by atomic mass is 19.4. The number of likely N-dealkylation sites (N-methyl/N-ethyl adjacent to an activating group) is 1. The monoisotopic (exact) mass is 490 g/mol. The predicted octanol–water partition coefficient (Wildman–Crippen LogP) is 3.55. The fraction of sp³-hybridized carbons (Fsp3) is 0.440. The molecule has 1 saturated heterocycles. The van der Waals surface area contributed by atoms with E-state index in [0.29, 0.717) is 17.8 Å². The average Bonchev–Trinajstić information content (AvgIpc) is 3.47. The molecule has 1 atom stereocenters. The van der Waals surface area contributed by atoms with Gasteiger partial charge in [0.1, 0.15) is 5.75 Å². The number of aromatic nitrogens is 2. The number of amides is 1. The molecule has 2 aromatic carbocycles. The molecule has 1 aromatic heterocycles. The molecule has 1 amide bonds. The summed E-state index contributed by atoms with van der Waals surface area (Å²) in [6.45, 7) is 2.01. The second-order valence-corrected chi connectivity index (χ2v) is 8.90. The molecule has 0 aliphatic carbocycles. The molecule has 1 N–H and O–H groups in total. The van der Waals surface area contributed by atoms with Crippen molar-refractivity contribution in [1.29, 1.82) is 0 Å². The quantitative estimate of drug-likeness (QED) is 0.497. The van der Waals surface area contributed by atoms with Crippen LogP contribution in [-0.4, -0.2) is 69.8 Å². The minimum Gasteiger partial charge on any atom is -0.484 e. The van der Waals surface area contributed by atoms with Crippen LogP contribution in [0.1, 0.15) is 24.2 Å². The number of alkyl halides is 3. The van der Waals surface area contributed by atoms with Gasteiger partial charge in [-0.3, -0.25) is 9.69 Å². The van der Waals surface area contributed by atoms with Crippen LogP contribution in [0.4, 0.5) is 13.2 Å². The molecule has 0 bridgehead atoms. The third-order valence-corrected chi connectivity index (χ3v) is 6.02. The highest BCUT2D eigenvalue weighted by Gasteiger charge is 2.38. The largest absolute Gasteiger partial charge is 0.484 e. The normalized spacial score (nSPS) is 15.2. The number of rotatable bonds is 9. The SMILES string of the molecule is CN(Cc1ccc(OCC(=O)N2CCCC2)cc1)C[C@H](O)Cn1c(C(F)(F)F)nc2ccccc21. The summed E-state index contributed by atoms with van der Waals surface area (Å²) in [5.41, 5.74) is 1.52. The number of benzene rings is 2. The highest BCUT2D eigenvalue weighted by molar-refractivity contribution is 5.78. The van der Waals surface area contributed by atoms with Gasteiger partial charge < -0.3 is 19.3 Å². The van der Waals surface area contributed by atoms with Crippen molar-refractivity contribution in [1.82, 2.24) is 19.4 Å². The van der Waals surface area contributed by atoms with E-state index in [9.17, 15) is 23.1 Å².